The molecule has 1 atom stereocenters. The van der Waals surface area contributed by atoms with E-state index < -0.39 is 0 Å². The van der Waals surface area contributed by atoms with Crippen molar-refractivity contribution in [1.29, 1.82) is 0 Å². The van der Waals surface area contributed by atoms with Crippen LogP contribution in [0.3, 0.4) is 0 Å². The van der Waals surface area contributed by atoms with Gasteiger partial charge in [0.05, 0.1) is 17.1 Å². The zero-order valence-electron chi connectivity index (χ0n) is 11.4. The quantitative estimate of drug-likeness (QED) is 0.824. The third-order valence-electron chi connectivity index (χ3n) is 3.19. The van der Waals surface area contributed by atoms with Gasteiger partial charge in [0.1, 0.15) is 0 Å². The Morgan fingerprint density at radius 1 is 1.32 bits per heavy atom. The van der Waals surface area contributed by atoms with Gasteiger partial charge in [0.25, 0.3) is 0 Å². The first-order chi connectivity index (χ1) is 9.25. The molecule has 0 spiro atoms. The number of nitrogens with one attached hydrogen (secondary N) is 2. The van der Waals surface area contributed by atoms with Crippen LogP contribution in [0, 0.1) is 0 Å². The molecule has 19 heavy (non-hydrogen) atoms. The molecule has 1 amide bonds. The number of para-hydroxylation sites is 1. The minimum Gasteiger partial charge on any atom is -0.330 e. The maximum Gasteiger partial charge on any atom is 0.233 e. The third kappa shape index (κ3) is 2.52. The van der Waals surface area contributed by atoms with E-state index in [2.05, 4.69) is 22.1 Å². The molecule has 100 valence electrons. The van der Waals surface area contributed by atoms with Crippen LogP contribution in [0.25, 0.3) is 10.9 Å². The lowest BCUT2D eigenvalue weighted by Crippen LogP contribution is -2.33. The molecule has 1 aromatic carbocycles. The number of piperidine rings is 1. The number of aromatic amines is 1. The first-order valence-corrected chi connectivity index (χ1v) is 6.67. The molecule has 1 saturated heterocycles. The summed E-state index contributed by atoms with van der Waals surface area (Å²) in [5.41, 5.74) is 2.61. The third-order valence-corrected chi connectivity index (χ3v) is 3.19. The van der Waals surface area contributed by atoms with Crippen LogP contribution in [0.4, 0.5) is 0 Å². The van der Waals surface area contributed by atoms with Crippen molar-refractivity contribution in [2.24, 2.45) is 0 Å². The van der Waals surface area contributed by atoms with E-state index in [0.717, 1.165) is 35.1 Å². The summed E-state index contributed by atoms with van der Waals surface area (Å²) in [6, 6.07) is 7.83. The number of carbonyl (C=O) groups excluding carboxylic acids is 1. The molecule has 1 aliphatic heterocycles. The van der Waals surface area contributed by atoms with E-state index in [9.17, 15) is 4.79 Å². The molecule has 2 N–H and O–H groups in total. The van der Waals surface area contributed by atoms with Crippen molar-refractivity contribution >= 4 is 16.8 Å². The molecule has 1 aromatic heterocycles. The largest absolute Gasteiger partial charge is 0.330 e. The van der Waals surface area contributed by atoms with Gasteiger partial charge in [-0.15, -0.1) is 0 Å². The number of rotatable bonds is 1. The predicted molar refractivity (Wildman–Crippen MR) is 76.7 cm³/mol. The molecule has 1 unspecified atom stereocenters. The van der Waals surface area contributed by atoms with Crippen LogP contribution < -0.4 is 5.32 Å². The zero-order valence-corrected chi connectivity index (χ0v) is 11.4. The second kappa shape index (κ2) is 5.69. The Hall–Kier alpha value is -2.10. The van der Waals surface area contributed by atoms with Crippen LogP contribution in [0.1, 0.15) is 38.3 Å². The Labute approximate surface area is 112 Å². The van der Waals surface area contributed by atoms with Crippen molar-refractivity contribution in [3.63, 3.8) is 0 Å². The average molecular weight is 257 g/mol. The van der Waals surface area contributed by atoms with Crippen LogP contribution in [0.2, 0.25) is 0 Å². The first-order valence-electron chi connectivity index (χ1n) is 6.67. The summed E-state index contributed by atoms with van der Waals surface area (Å²) in [4.78, 5) is 11.9. The number of aromatic nitrogens is 2. The number of allylic oxidation sites excluding steroid dienone is 1. The Bertz CT molecular complexity index is 600. The van der Waals surface area contributed by atoms with Gasteiger partial charge in [-0.25, -0.2) is 0 Å². The van der Waals surface area contributed by atoms with Crippen LogP contribution in [-0.2, 0) is 4.79 Å². The van der Waals surface area contributed by atoms with Crippen molar-refractivity contribution in [3.8, 4) is 0 Å². The van der Waals surface area contributed by atoms with E-state index in [1.165, 1.54) is 0 Å². The van der Waals surface area contributed by atoms with Crippen molar-refractivity contribution in [2.45, 2.75) is 32.6 Å². The molecule has 0 aliphatic carbocycles. The van der Waals surface area contributed by atoms with Gasteiger partial charge in [-0.1, -0.05) is 38.6 Å². The lowest BCUT2D eigenvalue weighted by molar-refractivity contribution is -0.122. The van der Waals surface area contributed by atoms with Crippen LogP contribution in [0.5, 0.6) is 0 Å². The standard InChI is InChI=1S/C13H13N3O.C2H6/c1-8-6-7-10(13(17)14-8)12-9-4-2-3-5-11(9)15-16-12;1-2/h2-5,10H,1,6-7H2,(H,14,17)(H,15,16);1-2H3. The molecular weight excluding hydrogens is 238 g/mol. The lowest BCUT2D eigenvalue weighted by atomic mass is 9.92. The van der Waals surface area contributed by atoms with Gasteiger partial charge in [-0.2, -0.15) is 5.10 Å². The number of H-pyrrole nitrogens is 1. The van der Waals surface area contributed by atoms with Crippen LogP contribution in [-0.4, -0.2) is 16.1 Å². The summed E-state index contributed by atoms with van der Waals surface area (Å²) in [6.45, 7) is 7.78. The highest BCUT2D eigenvalue weighted by molar-refractivity contribution is 5.91. The van der Waals surface area contributed by atoms with Crippen molar-refractivity contribution < 1.29 is 4.79 Å². The molecular formula is C15H19N3O. The SMILES string of the molecule is C=C1CCC(c2[nH]nc3ccccc23)C(=O)N1.CC. The van der Waals surface area contributed by atoms with Gasteiger partial charge in [0.15, 0.2) is 0 Å². The van der Waals surface area contributed by atoms with E-state index in [1.807, 2.05) is 38.1 Å². The van der Waals surface area contributed by atoms with Crippen LogP contribution >= 0.6 is 0 Å². The summed E-state index contributed by atoms with van der Waals surface area (Å²) in [5, 5.41) is 11.0. The monoisotopic (exact) mass is 257 g/mol. The number of hydrogen-bond acceptors (Lipinski definition) is 2. The number of hydrogen-bond donors (Lipinski definition) is 2. The molecule has 3 rings (SSSR count). The summed E-state index contributed by atoms with van der Waals surface area (Å²) in [6.07, 6.45) is 1.61. The number of nitrogens with zero attached hydrogens (tertiary/aromatic N) is 1. The van der Waals surface area contributed by atoms with E-state index in [-0.39, 0.29) is 11.8 Å². The highest BCUT2D eigenvalue weighted by Gasteiger charge is 2.28. The normalized spacial score (nSPS) is 18.7. The van der Waals surface area contributed by atoms with Gasteiger partial charge in [0, 0.05) is 11.1 Å². The van der Waals surface area contributed by atoms with Crippen molar-refractivity contribution in [3.05, 3.63) is 42.2 Å². The molecule has 4 heteroatoms. The van der Waals surface area contributed by atoms with Crippen LogP contribution in [0.15, 0.2) is 36.5 Å². The molecule has 1 fully saturated rings. The Morgan fingerprint density at radius 2 is 2.05 bits per heavy atom. The zero-order chi connectivity index (χ0) is 13.8. The highest BCUT2D eigenvalue weighted by Crippen LogP contribution is 2.30. The second-order valence-corrected chi connectivity index (χ2v) is 4.34. The summed E-state index contributed by atoms with van der Waals surface area (Å²) in [7, 11) is 0. The number of carbonyl (C=O) groups is 1. The highest BCUT2D eigenvalue weighted by atomic mass is 16.2. The number of amides is 1. The van der Waals surface area contributed by atoms with Gasteiger partial charge >= 0.3 is 0 Å². The molecule has 0 bridgehead atoms. The van der Waals surface area contributed by atoms with Gasteiger partial charge in [-0.3, -0.25) is 9.89 Å². The average Bonchev–Trinajstić information content (AvgIpc) is 2.85. The second-order valence-electron chi connectivity index (χ2n) is 4.34. The van der Waals surface area contributed by atoms with E-state index in [4.69, 9.17) is 0 Å². The Morgan fingerprint density at radius 3 is 2.79 bits per heavy atom. The first kappa shape index (κ1) is 13.3. The smallest absolute Gasteiger partial charge is 0.233 e. The maximum atomic E-state index is 11.9. The fourth-order valence-corrected chi connectivity index (χ4v) is 2.29. The lowest BCUT2D eigenvalue weighted by Gasteiger charge is -2.22. The fourth-order valence-electron chi connectivity index (χ4n) is 2.29. The molecule has 0 radical (unpaired) electrons. The van der Waals surface area contributed by atoms with E-state index >= 15 is 0 Å². The molecule has 1 aliphatic rings. The number of fused-ring (bicyclic) bond motifs is 1. The molecule has 4 nitrogen and oxygen atoms in total. The summed E-state index contributed by atoms with van der Waals surface area (Å²) in [5.74, 6) is -0.136. The predicted octanol–water partition coefficient (Wildman–Crippen LogP) is 3.10. The molecule has 2 aromatic rings. The minimum absolute atomic E-state index is 0.00986. The topological polar surface area (TPSA) is 57.8 Å². The molecule has 0 saturated carbocycles. The fraction of sp³-hybridized carbons (Fsp3) is 0.333. The van der Waals surface area contributed by atoms with Crippen molar-refractivity contribution in [2.75, 3.05) is 0 Å². The van der Waals surface area contributed by atoms with Crippen molar-refractivity contribution in [1.82, 2.24) is 15.5 Å². The van der Waals surface area contributed by atoms with E-state index in [1.54, 1.807) is 0 Å². The van der Waals surface area contributed by atoms with Gasteiger partial charge in [-0.05, 0) is 18.9 Å². The summed E-state index contributed by atoms with van der Waals surface area (Å²) >= 11 is 0. The molecule has 2 heterocycles. The Balaban J connectivity index is 0.000000637. The minimum atomic E-state index is -0.145. The van der Waals surface area contributed by atoms with Gasteiger partial charge < -0.3 is 5.32 Å². The summed E-state index contributed by atoms with van der Waals surface area (Å²) < 4.78 is 0. The van der Waals surface area contributed by atoms with Gasteiger partial charge in [0.2, 0.25) is 5.91 Å². The number of benzene rings is 1. The Kier molecular flexibility index (Phi) is 4.00. The maximum absolute atomic E-state index is 11.9. The van der Waals surface area contributed by atoms with E-state index in [0.29, 0.717) is 0 Å².